The summed E-state index contributed by atoms with van der Waals surface area (Å²) in [5.41, 5.74) is 0. The van der Waals surface area contributed by atoms with Crippen molar-refractivity contribution in [1.29, 1.82) is 0 Å². The molecule has 0 bridgehead atoms. The van der Waals surface area contributed by atoms with E-state index < -0.39 is 12.0 Å². The average Bonchev–Trinajstić information content (AvgIpc) is 2.15. The zero-order chi connectivity index (χ0) is 10.6. The van der Waals surface area contributed by atoms with Crippen molar-refractivity contribution in [2.75, 3.05) is 26.2 Å². The smallest absolute Gasteiger partial charge is 0.322 e. The van der Waals surface area contributed by atoms with Crippen molar-refractivity contribution in [3.8, 4) is 0 Å². The van der Waals surface area contributed by atoms with Gasteiger partial charge in [0.25, 0.3) is 0 Å². The van der Waals surface area contributed by atoms with Gasteiger partial charge >= 0.3 is 5.97 Å². The summed E-state index contributed by atoms with van der Waals surface area (Å²) in [6.45, 7) is 4.43. The van der Waals surface area contributed by atoms with E-state index in [-0.39, 0.29) is 6.10 Å². The van der Waals surface area contributed by atoms with Crippen LogP contribution < -0.4 is 5.32 Å². The number of rotatable bonds is 4. The molecule has 14 heavy (non-hydrogen) atoms. The lowest BCUT2D eigenvalue weighted by atomic mass is 10.1. The lowest BCUT2D eigenvalue weighted by Crippen LogP contribution is -2.55. The summed E-state index contributed by atoms with van der Waals surface area (Å²) >= 11 is 0. The first-order valence-electron chi connectivity index (χ1n) is 4.97. The molecule has 2 atom stereocenters. The van der Waals surface area contributed by atoms with Crippen molar-refractivity contribution in [1.82, 2.24) is 10.2 Å². The molecular formula is C9H18N2O3. The Labute approximate surface area is 83.7 Å². The van der Waals surface area contributed by atoms with Crippen LogP contribution in [0.5, 0.6) is 0 Å². The normalized spacial score (nSPS) is 26.0. The SMILES string of the molecule is CC(O)CCN1CCNCC1C(=O)O. The van der Waals surface area contributed by atoms with Gasteiger partial charge in [-0.1, -0.05) is 0 Å². The van der Waals surface area contributed by atoms with Crippen LogP contribution >= 0.6 is 0 Å². The zero-order valence-electron chi connectivity index (χ0n) is 8.44. The fourth-order valence-corrected chi connectivity index (χ4v) is 1.61. The molecule has 1 heterocycles. The Kier molecular flexibility index (Phi) is 4.31. The van der Waals surface area contributed by atoms with E-state index in [4.69, 9.17) is 10.2 Å². The minimum Gasteiger partial charge on any atom is -0.480 e. The summed E-state index contributed by atoms with van der Waals surface area (Å²) in [4.78, 5) is 12.8. The average molecular weight is 202 g/mol. The number of hydrogen-bond acceptors (Lipinski definition) is 4. The maximum absolute atomic E-state index is 10.9. The van der Waals surface area contributed by atoms with Gasteiger partial charge in [-0.2, -0.15) is 0 Å². The van der Waals surface area contributed by atoms with Crippen LogP contribution in [0.2, 0.25) is 0 Å². The van der Waals surface area contributed by atoms with Crippen LogP contribution in [0.1, 0.15) is 13.3 Å². The topological polar surface area (TPSA) is 72.8 Å². The van der Waals surface area contributed by atoms with E-state index in [0.29, 0.717) is 19.5 Å². The van der Waals surface area contributed by atoms with Gasteiger partial charge in [0.15, 0.2) is 0 Å². The van der Waals surface area contributed by atoms with Gasteiger partial charge in [-0.25, -0.2) is 0 Å². The lowest BCUT2D eigenvalue weighted by molar-refractivity contribution is -0.144. The second kappa shape index (κ2) is 5.29. The van der Waals surface area contributed by atoms with E-state index in [1.165, 1.54) is 0 Å². The molecule has 3 N–H and O–H groups in total. The summed E-state index contributed by atoms with van der Waals surface area (Å²) in [7, 11) is 0. The first kappa shape index (κ1) is 11.4. The third kappa shape index (κ3) is 3.25. The minimum absolute atomic E-state index is 0.362. The molecule has 2 unspecified atom stereocenters. The molecule has 0 radical (unpaired) electrons. The molecular weight excluding hydrogens is 184 g/mol. The Hall–Kier alpha value is -0.650. The van der Waals surface area contributed by atoms with Crippen molar-refractivity contribution >= 4 is 5.97 Å². The number of aliphatic hydroxyl groups is 1. The van der Waals surface area contributed by atoms with Gasteiger partial charge in [0.05, 0.1) is 6.10 Å². The molecule has 0 spiro atoms. The van der Waals surface area contributed by atoms with E-state index in [0.717, 1.165) is 13.1 Å². The number of hydrogen-bond donors (Lipinski definition) is 3. The van der Waals surface area contributed by atoms with Crippen molar-refractivity contribution in [2.24, 2.45) is 0 Å². The second-order valence-electron chi connectivity index (χ2n) is 3.73. The van der Waals surface area contributed by atoms with Gasteiger partial charge < -0.3 is 15.5 Å². The standard InChI is InChI=1S/C9H18N2O3/c1-7(12)2-4-11-5-3-10-6-8(11)9(13)14/h7-8,10,12H,2-6H2,1H3,(H,13,14). The molecule has 1 aliphatic rings. The molecule has 0 aromatic rings. The van der Waals surface area contributed by atoms with Gasteiger partial charge in [-0.05, 0) is 13.3 Å². The molecule has 0 aromatic carbocycles. The summed E-state index contributed by atoms with van der Waals surface area (Å²) in [6, 6.07) is -0.442. The highest BCUT2D eigenvalue weighted by atomic mass is 16.4. The Morgan fingerprint density at radius 2 is 2.43 bits per heavy atom. The number of aliphatic carboxylic acids is 1. The molecule has 0 aliphatic carbocycles. The van der Waals surface area contributed by atoms with E-state index in [9.17, 15) is 4.79 Å². The van der Waals surface area contributed by atoms with Crippen molar-refractivity contribution < 1.29 is 15.0 Å². The highest BCUT2D eigenvalue weighted by molar-refractivity contribution is 5.73. The van der Waals surface area contributed by atoms with Crippen LogP contribution in [0.25, 0.3) is 0 Å². The fraction of sp³-hybridized carbons (Fsp3) is 0.889. The van der Waals surface area contributed by atoms with Crippen molar-refractivity contribution in [3.05, 3.63) is 0 Å². The Balaban J connectivity index is 2.42. The molecule has 0 aromatic heterocycles. The van der Waals surface area contributed by atoms with E-state index in [2.05, 4.69) is 5.32 Å². The van der Waals surface area contributed by atoms with Crippen LogP contribution in [-0.4, -0.2) is 59.4 Å². The lowest BCUT2D eigenvalue weighted by Gasteiger charge is -2.33. The largest absolute Gasteiger partial charge is 0.480 e. The maximum atomic E-state index is 10.9. The zero-order valence-corrected chi connectivity index (χ0v) is 8.44. The minimum atomic E-state index is -0.789. The van der Waals surface area contributed by atoms with Crippen molar-refractivity contribution in [3.63, 3.8) is 0 Å². The van der Waals surface area contributed by atoms with E-state index in [1.54, 1.807) is 6.92 Å². The van der Waals surface area contributed by atoms with Gasteiger partial charge in [-0.3, -0.25) is 9.69 Å². The van der Waals surface area contributed by atoms with E-state index in [1.807, 2.05) is 4.90 Å². The molecule has 0 saturated carbocycles. The Bertz CT molecular complexity index is 196. The van der Waals surface area contributed by atoms with Gasteiger partial charge in [-0.15, -0.1) is 0 Å². The fourth-order valence-electron chi connectivity index (χ4n) is 1.61. The first-order chi connectivity index (χ1) is 6.61. The van der Waals surface area contributed by atoms with Crippen LogP contribution in [-0.2, 0) is 4.79 Å². The first-order valence-corrected chi connectivity index (χ1v) is 4.97. The number of carbonyl (C=O) groups is 1. The highest BCUT2D eigenvalue weighted by Gasteiger charge is 2.27. The number of aliphatic hydroxyl groups excluding tert-OH is 1. The number of carboxylic acids is 1. The van der Waals surface area contributed by atoms with Crippen LogP contribution in [0.3, 0.4) is 0 Å². The van der Waals surface area contributed by atoms with Crippen LogP contribution in [0, 0.1) is 0 Å². The molecule has 1 saturated heterocycles. The van der Waals surface area contributed by atoms with E-state index >= 15 is 0 Å². The number of nitrogens with zero attached hydrogens (tertiary/aromatic N) is 1. The second-order valence-corrected chi connectivity index (χ2v) is 3.73. The molecule has 5 heteroatoms. The molecule has 1 fully saturated rings. The maximum Gasteiger partial charge on any atom is 0.322 e. The molecule has 1 rings (SSSR count). The number of nitrogens with one attached hydrogen (secondary N) is 1. The van der Waals surface area contributed by atoms with Crippen LogP contribution in [0.4, 0.5) is 0 Å². The summed E-state index contributed by atoms with van der Waals surface area (Å²) < 4.78 is 0. The highest BCUT2D eigenvalue weighted by Crippen LogP contribution is 2.05. The van der Waals surface area contributed by atoms with Crippen molar-refractivity contribution in [2.45, 2.75) is 25.5 Å². The molecule has 0 amide bonds. The number of piperazine rings is 1. The van der Waals surface area contributed by atoms with Gasteiger partial charge in [0, 0.05) is 26.2 Å². The Morgan fingerprint density at radius 1 is 1.71 bits per heavy atom. The third-order valence-corrected chi connectivity index (χ3v) is 2.47. The van der Waals surface area contributed by atoms with Crippen LogP contribution in [0.15, 0.2) is 0 Å². The van der Waals surface area contributed by atoms with Gasteiger partial charge in [0.1, 0.15) is 6.04 Å². The predicted molar refractivity (Wildman–Crippen MR) is 52.2 cm³/mol. The third-order valence-electron chi connectivity index (χ3n) is 2.47. The number of carboxylic acid groups (broad SMARTS) is 1. The van der Waals surface area contributed by atoms with Gasteiger partial charge in [0.2, 0.25) is 0 Å². The predicted octanol–water partition coefficient (Wildman–Crippen LogP) is -0.884. The summed E-state index contributed by atoms with van der Waals surface area (Å²) in [6.07, 6.45) is 0.267. The monoisotopic (exact) mass is 202 g/mol. The quantitative estimate of drug-likeness (QED) is 0.552. The summed E-state index contributed by atoms with van der Waals surface area (Å²) in [5, 5.41) is 21.1. The summed E-state index contributed by atoms with van der Waals surface area (Å²) in [5.74, 6) is -0.789. The molecule has 82 valence electrons. The Morgan fingerprint density at radius 3 is 3.00 bits per heavy atom. The molecule has 5 nitrogen and oxygen atoms in total. The molecule has 1 aliphatic heterocycles.